The van der Waals surface area contributed by atoms with Gasteiger partial charge in [-0.25, -0.2) is 4.79 Å². The van der Waals surface area contributed by atoms with Gasteiger partial charge in [0.2, 0.25) is 0 Å². The fourth-order valence-corrected chi connectivity index (χ4v) is 1.62. The van der Waals surface area contributed by atoms with Crippen LogP contribution in [0.4, 0.5) is 0 Å². The monoisotopic (exact) mass is 239 g/mol. The van der Waals surface area contributed by atoms with E-state index in [1.54, 1.807) is 6.07 Å². The minimum absolute atomic E-state index is 0. The summed E-state index contributed by atoms with van der Waals surface area (Å²) in [5, 5.41) is 0.938. The lowest BCUT2D eigenvalue weighted by Crippen LogP contribution is -2.17. The lowest BCUT2D eigenvalue weighted by molar-refractivity contribution is 0.561. The number of fused-ring (bicyclic) bond motifs is 1. The molecule has 1 heterocycles. The zero-order valence-electron chi connectivity index (χ0n) is 8.97. The van der Waals surface area contributed by atoms with Crippen LogP contribution in [0, 0.1) is 0 Å². The van der Waals surface area contributed by atoms with E-state index in [1.807, 2.05) is 25.1 Å². The molecule has 0 aliphatic carbocycles. The van der Waals surface area contributed by atoms with Crippen LogP contribution in [0.2, 0.25) is 0 Å². The predicted octanol–water partition coefficient (Wildman–Crippen LogP) is 2.10. The maximum absolute atomic E-state index is 11.0. The summed E-state index contributed by atoms with van der Waals surface area (Å²) in [5.74, 6) is 0. The van der Waals surface area contributed by atoms with Crippen LogP contribution in [-0.4, -0.2) is 6.04 Å². The lowest BCUT2D eigenvalue weighted by Gasteiger charge is -2.05. The molecule has 0 aliphatic rings. The molecular weight excluding hydrogens is 226 g/mol. The number of benzene rings is 1. The van der Waals surface area contributed by atoms with E-state index >= 15 is 0 Å². The minimum atomic E-state index is -0.317. The molecule has 1 unspecified atom stereocenters. The Morgan fingerprint density at radius 2 is 2.06 bits per heavy atom. The van der Waals surface area contributed by atoms with Crippen molar-refractivity contribution in [3.63, 3.8) is 0 Å². The molecule has 0 fully saturated rings. The molecule has 3 nitrogen and oxygen atoms in total. The fourth-order valence-electron chi connectivity index (χ4n) is 1.62. The molecule has 16 heavy (non-hydrogen) atoms. The van der Waals surface area contributed by atoms with Crippen molar-refractivity contribution in [3.8, 4) is 0 Å². The van der Waals surface area contributed by atoms with Crippen molar-refractivity contribution in [2.24, 2.45) is 5.73 Å². The highest BCUT2D eigenvalue weighted by Gasteiger charge is 2.01. The highest BCUT2D eigenvalue weighted by Crippen LogP contribution is 2.14. The van der Waals surface area contributed by atoms with Crippen molar-refractivity contribution in [1.82, 2.24) is 0 Å². The first-order chi connectivity index (χ1) is 7.15. The fraction of sp³-hybridized carbons (Fsp3) is 0.250. The Labute approximate surface area is 99.7 Å². The predicted molar refractivity (Wildman–Crippen MR) is 67.1 cm³/mol. The SMILES string of the molecule is CC(N)Cc1ccc2oc(=O)ccc2c1.Cl. The molecule has 0 spiro atoms. The molecule has 1 aromatic heterocycles. The van der Waals surface area contributed by atoms with Crippen LogP contribution in [-0.2, 0) is 6.42 Å². The Kier molecular flexibility index (Phi) is 4.10. The summed E-state index contributed by atoms with van der Waals surface area (Å²) in [4.78, 5) is 11.0. The zero-order valence-corrected chi connectivity index (χ0v) is 9.79. The van der Waals surface area contributed by atoms with Gasteiger partial charge in [0, 0.05) is 17.5 Å². The zero-order chi connectivity index (χ0) is 10.8. The van der Waals surface area contributed by atoms with Gasteiger partial charge in [-0.3, -0.25) is 0 Å². The Morgan fingerprint density at radius 1 is 1.31 bits per heavy atom. The summed E-state index contributed by atoms with van der Waals surface area (Å²) in [6.45, 7) is 1.97. The number of hydrogen-bond donors (Lipinski definition) is 1. The molecule has 2 aromatic rings. The molecular formula is C12H14ClNO2. The molecule has 1 aromatic carbocycles. The maximum Gasteiger partial charge on any atom is 0.336 e. The van der Waals surface area contributed by atoms with E-state index < -0.39 is 0 Å². The van der Waals surface area contributed by atoms with Crippen LogP contribution in [0.15, 0.2) is 39.5 Å². The quantitative estimate of drug-likeness (QED) is 0.817. The van der Waals surface area contributed by atoms with Gasteiger partial charge in [-0.2, -0.15) is 0 Å². The summed E-state index contributed by atoms with van der Waals surface area (Å²) >= 11 is 0. The molecule has 0 bridgehead atoms. The molecule has 1 atom stereocenters. The summed E-state index contributed by atoms with van der Waals surface area (Å²) in [5.41, 5.74) is 7.18. The van der Waals surface area contributed by atoms with Gasteiger partial charge in [0.15, 0.2) is 0 Å². The standard InChI is InChI=1S/C12H13NO2.ClH/c1-8(13)6-9-2-4-11-10(7-9)3-5-12(14)15-11;/h2-5,7-8H,6,13H2,1H3;1H. The van der Waals surface area contributed by atoms with Gasteiger partial charge in [0.1, 0.15) is 5.58 Å². The molecule has 0 amide bonds. The highest BCUT2D eigenvalue weighted by molar-refractivity contribution is 5.85. The van der Waals surface area contributed by atoms with Crippen LogP contribution >= 0.6 is 12.4 Å². The smallest absolute Gasteiger partial charge is 0.336 e. The maximum atomic E-state index is 11.0. The summed E-state index contributed by atoms with van der Waals surface area (Å²) < 4.78 is 5.03. The molecule has 0 saturated carbocycles. The Hall–Kier alpha value is -1.32. The molecule has 0 aliphatic heterocycles. The van der Waals surface area contributed by atoms with Crippen LogP contribution in [0.3, 0.4) is 0 Å². The van der Waals surface area contributed by atoms with Crippen molar-refractivity contribution in [3.05, 3.63) is 46.3 Å². The van der Waals surface area contributed by atoms with E-state index in [1.165, 1.54) is 6.07 Å². The van der Waals surface area contributed by atoms with Crippen molar-refractivity contribution in [1.29, 1.82) is 0 Å². The number of halogens is 1. The molecule has 4 heteroatoms. The van der Waals surface area contributed by atoms with E-state index in [0.717, 1.165) is 17.4 Å². The number of nitrogens with two attached hydrogens (primary N) is 1. The van der Waals surface area contributed by atoms with Crippen LogP contribution in [0.25, 0.3) is 11.0 Å². The van der Waals surface area contributed by atoms with Crippen LogP contribution < -0.4 is 11.4 Å². The third kappa shape index (κ3) is 2.84. The van der Waals surface area contributed by atoms with Gasteiger partial charge >= 0.3 is 5.63 Å². The Bertz CT molecular complexity index is 534. The van der Waals surface area contributed by atoms with Gasteiger partial charge in [-0.05, 0) is 37.1 Å². The number of hydrogen-bond acceptors (Lipinski definition) is 3. The molecule has 0 radical (unpaired) electrons. The van der Waals surface area contributed by atoms with Crippen molar-refractivity contribution < 1.29 is 4.42 Å². The van der Waals surface area contributed by atoms with E-state index in [2.05, 4.69) is 0 Å². The van der Waals surface area contributed by atoms with Gasteiger partial charge in [0.05, 0.1) is 0 Å². The van der Waals surface area contributed by atoms with Crippen LogP contribution in [0.5, 0.6) is 0 Å². The van der Waals surface area contributed by atoms with Gasteiger partial charge in [-0.15, -0.1) is 12.4 Å². The van der Waals surface area contributed by atoms with Crippen LogP contribution in [0.1, 0.15) is 12.5 Å². The van der Waals surface area contributed by atoms with Gasteiger partial charge < -0.3 is 10.2 Å². The third-order valence-corrected chi connectivity index (χ3v) is 2.24. The molecule has 0 saturated heterocycles. The first kappa shape index (κ1) is 12.7. The van der Waals surface area contributed by atoms with E-state index in [0.29, 0.717) is 5.58 Å². The minimum Gasteiger partial charge on any atom is -0.423 e. The second kappa shape index (κ2) is 5.14. The lowest BCUT2D eigenvalue weighted by atomic mass is 10.1. The summed E-state index contributed by atoms with van der Waals surface area (Å²) in [6.07, 6.45) is 0.828. The van der Waals surface area contributed by atoms with Gasteiger partial charge in [-0.1, -0.05) is 6.07 Å². The normalized spacial score (nSPS) is 12.1. The van der Waals surface area contributed by atoms with E-state index in [-0.39, 0.29) is 24.1 Å². The van der Waals surface area contributed by atoms with Crippen molar-refractivity contribution in [2.45, 2.75) is 19.4 Å². The molecule has 86 valence electrons. The van der Waals surface area contributed by atoms with Crippen molar-refractivity contribution in [2.75, 3.05) is 0 Å². The third-order valence-electron chi connectivity index (χ3n) is 2.24. The van der Waals surface area contributed by atoms with Crippen molar-refractivity contribution >= 4 is 23.4 Å². The summed E-state index contributed by atoms with van der Waals surface area (Å²) in [6, 6.07) is 9.09. The first-order valence-corrected chi connectivity index (χ1v) is 4.93. The Morgan fingerprint density at radius 3 is 2.75 bits per heavy atom. The molecule has 2 N–H and O–H groups in total. The average molecular weight is 240 g/mol. The van der Waals surface area contributed by atoms with E-state index in [4.69, 9.17) is 10.2 Å². The largest absolute Gasteiger partial charge is 0.423 e. The summed E-state index contributed by atoms with van der Waals surface area (Å²) in [7, 11) is 0. The average Bonchev–Trinajstić information content (AvgIpc) is 2.17. The van der Waals surface area contributed by atoms with E-state index in [9.17, 15) is 4.79 Å². The second-order valence-electron chi connectivity index (χ2n) is 3.81. The van der Waals surface area contributed by atoms with Gasteiger partial charge in [0.25, 0.3) is 0 Å². The number of rotatable bonds is 2. The first-order valence-electron chi connectivity index (χ1n) is 4.93. The molecule has 2 rings (SSSR count). The topological polar surface area (TPSA) is 56.2 Å². The second-order valence-corrected chi connectivity index (χ2v) is 3.81. The Balaban J connectivity index is 0.00000128. The highest BCUT2D eigenvalue weighted by atomic mass is 35.5.